The molecule has 0 aliphatic heterocycles. The number of nitrogens with two attached hydrogens (primary N) is 1. The topological polar surface area (TPSA) is 99.8 Å². The summed E-state index contributed by atoms with van der Waals surface area (Å²) in [5.41, 5.74) is 8.29. The predicted molar refractivity (Wildman–Crippen MR) is 230 cm³/mol. The average molecular weight is 748 g/mol. The molecule has 0 atom stereocenters. The maximum Gasteiger partial charge on any atom is 0.214 e. The summed E-state index contributed by atoms with van der Waals surface area (Å²) in [6.45, 7) is 33.9. The molecule has 0 aliphatic rings. The molecular weight excluding hydrogens is 675 g/mol. The highest BCUT2D eigenvalue weighted by Crippen LogP contribution is 2.24. The number of carbonyl (C=O) groups excluding carboxylic acids is 1. The van der Waals surface area contributed by atoms with Gasteiger partial charge in [-0.2, -0.15) is 0 Å². The van der Waals surface area contributed by atoms with E-state index in [0.29, 0.717) is 10.8 Å². The second-order valence-electron chi connectivity index (χ2n) is 17.6. The van der Waals surface area contributed by atoms with Crippen molar-refractivity contribution in [2.24, 2.45) is 12.8 Å². The number of aromatic nitrogens is 4. The van der Waals surface area contributed by atoms with Gasteiger partial charge in [-0.05, 0) is 22.0 Å². The van der Waals surface area contributed by atoms with Gasteiger partial charge < -0.3 is 14.7 Å². The number of primary amides is 1. The fourth-order valence-electron chi connectivity index (χ4n) is 4.15. The monoisotopic (exact) mass is 748 g/mol. The quantitative estimate of drug-likeness (QED) is 0.170. The lowest BCUT2D eigenvalue weighted by Crippen LogP contribution is -2.16. The van der Waals surface area contributed by atoms with Crippen LogP contribution >= 0.6 is 11.3 Å². The molecule has 0 spiro atoms. The Labute approximate surface area is 327 Å². The van der Waals surface area contributed by atoms with Crippen molar-refractivity contribution in [3.63, 3.8) is 0 Å². The Morgan fingerprint density at radius 2 is 1.06 bits per heavy atom. The van der Waals surface area contributed by atoms with Crippen molar-refractivity contribution < 1.29 is 9.21 Å². The number of aryl methyl sites for hydroxylation is 1. The number of carbonyl (C=O) groups is 1. The molecule has 0 unspecified atom stereocenters. The van der Waals surface area contributed by atoms with Crippen LogP contribution in [-0.2, 0) is 38.9 Å². The fraction of sp³-hybridized carbons (Fsp3) is 0.511. The van der Waals surface area contributed by atoms with Crippen LogP contribution in [0.3, 0.4) is 0 Å². The van der Waals surface area contributed by atoms with E-state index >= 15 is 0 Å². The van der Waals surface area contributed by atoms with Gasteiger partial charge in [-0.15, -0.1) is 11.3 Å². The van der Waals surface area contributed by atoms with Crippen LogP contribution in [0.4, 0.5) is 0 Å². The van der Waals surface area contributed by atoms with Gasteiger partial charge in [-0.25, -0.2) is 15.0 Å². The third kappa shape index (κ3) is 23.3. The lowest BCUT2D eigenvalue weighted by molar-refractivity contribution is -0.115. The molecule has 0 radical (unpaired) electrons. The maximum atomic E-state index is 9.22. The zero-order valence-electron chi connectivity index (χ0n) is 35.3. The van der Waals surface area contributed by atoms with Gasteiger partial charge in [0.15, 0.2) is 5.89 Å². The molecule has 1 amide bonds. The number of amides is 1. The molecule has 2 N–H and O–H groups in total. The van der Waals surface area contributed by atoms with Gasteiger partial charge in [0.25, 0.3) is 0 Å². The largest absolute Gasteiger partial charge is 0.448 e. The molecule has 8 heteroatoms. The summed E-state index contributed by atoms with van der Waals surface area (Å²) in [6, 6.07) is 21.1. The molecule has 3 aromatic heterocycles. The molecule has 5 rings (SSSR count). The van der Waals surface area contributed by atoms with Gasteiger partial charge in [0.1, 0.15) is 12.1 Å². The lowest BCUT2D eigenvalue weighted by Gasteiger charge is -2.18. The van der Waals surface area contributed by atoms with E-state index in [1.54, 1.807) is 23.8 Å². The van der Waals surface area contributed by atoms with E-state index in [-0.39, 0.29) is 29.6 Å². The van der Waals surface area contributed by atoms with Crippen LogP contribution in [0.25, 0.3) is 0 Å². The summed E-state index contributed by atoms with van der Waals surface area (Å²) >= 11 is 1.72. The SMILES string of the molecule is C.CC(C)(C)c1ccccc1.CC(C)(C)c1ccccc1.CC(C)(C)c1ncco1.CC(C)(C)c1nccs1.CC(N)=O.Cn1ccnc1C(C)(C)C. The first-order valence-electron chi connectivity index (χ1n) is 17.8. The van der Waals surface area contributed by atoms with E-state index in [9.17, 15) is 4.79 Å². The summed E-state index contributed by atoms with van der Waals surface area (Å²) in [7, 11) is 2.02. The second-order valence-corrected chi connectivity index (χ2v) is 18.5. The van der Waals surface area contributed by atoms with Crippen LogP contribution in [0, 0.1) is 0 Å². The van der Waals surface area contributed by atoms with Gasteiger partial charge in [0.2, 0.25) is 5.91 Å². The van der Waals surface area contributed by atoms with Crippen LogP contribution in [0.2, 0.25) is 0 Å². The standard InChI is InChI=1S/2C10H14.C8H14N2.C7H11NO.C7H11NS.C2H5NO.CH4/c2*1-10(2,3)9-7-5-4-6-8-9;1-8(2,3)7-9-5-6-10(7)4;2*1-7(2,3)6-8-4-5-9-6;1-2(3)4;/h2*4-8H,1-3H3;5-6H,1-4H3;2*4-5H,1-3H3;1H3,(H2,3,4);1H4. The fourth-order valence-corrected chi connectivity index (χ4v) is 4.88. The smallest absolute Gasteiger partial charge is 0.214 e. The molecule has 2 aromatic carbocycles. The first kappa shape index (κ1) is 51.1. The van der Waals surface area contributed by atoms with E-state index in [2.05, 4.69) is 190 Å². The predicted octanol–water partition coefficient (Wildman–Crippen LogP) is 12.2. The number of hydrogen-bond acceptors (Lipinski definition) is 6. The molecule has 3 heterocycles. The number of thiazole rings is 1. The minimum Gasteiger partial charge on any atom is -0.448 e. The second kappa shape index (κ2) is 22.9. The number of rotatable bonds is 0. The van der Waals surface area contributed by atoms with Crippen LogP contribution in [0.1, 0.15) is 146 Å². The summed E-state index contributed by atoms with van der Waals surface area (Å²) in [4.78, 5) is 21.7. The first-order valence-corrected chi connectivity index (χ1v) is 18.7. The number of hydrogen-bond donors (Lipinski definition) is 1. The van der Waals surface area contributed by atoms with Crippen LogP contribution in [-0.4, -0.2) is 25.4 Å². The third-order valence-corrected chi connectivity index (χ3v) is 8.12. The van der Waals surface area contributed by atoms with Crippen molar-refractivity contribution in [3.05, 3.63) is 125 Å². The number of benzene rings is 2. The molecule has 0 bridgehead atoms. The van der Waals surface area contributed by atoms with Gasteiger partial charge in [0, 0.05) is 54.2 Å². The van der Waals surface area contributed by atoms with Crippen LogP contribution in [0.5, 0.6) is 0 Å². The van der Waals surface area contributed by atoms with Crippen molar-refractivity contribution in [2.75, 3.05) is 0 Å². The molecule has 53 heavy (non-hydrogen) atoms. The Balaban J connectivity index is 0. The Bertz CT molecular complexity index is 1510. The van der Waals surface area contributed by atoms with E-state index in [1.807, 2.05) is 31.0 Å². The highest BCUT2D eigenvalue weighted by Gasteiger charge is 2.18. The van der Waals surface area contributed by atoms with E-state index in [0.717, 1.165) is 11.7 Å². The Morgan fingerprint density at radius 3 is 1.23 bits per heavy atom. The van der Waals surface area contributed by atoms with Gasteiger partial charge in [-0.1, -0.05) is 172 Å². The number of nitrogens with zero attached hydrogens (tertiary/aromatic N) is 4. The Morgan fingerprint density at radius 1 is 0.623 bits per heavy atom. The van der Waals surface area contributed by atoms with Gasteiger partial charge in [0.05, 0.1) is 11.2 Å². The Hall–Kier alpha value is -4.04. The van der Waals surface area contributed by atoms with Crippen molar-refractivity contribution >= 4 is 17.2 Å². The number of oxazole rings is 1. The normalized spacial score (nSPS) is 11.1. The summed E-state index contributed by atoms with van der Waals surface area (Å²) in [5, 5.41) is 3.23. The van der Waals surface area contributed by atoms with E-state index < -0.39 is 0 Å². The Kier molecular flexibility index (Phi) is 22.1. The molecule has 7 nitrogen and oxygen atoms in total. The molecule has 5 aromatic rings. The maximum absolute atomic E-state index is 9.22. The van der Waals surface area contributed by atoms with Gasteiger partial charge >= 0.3 is 0 Å². The minimum atomic E-state index is -0.333. The first-order chi connectivity index (χ1) is 23.7. The van der Waals surface area contributed by atoms with Crippen molar-refractivity contribution in [1.82, 2.24) is 19.5 Å². The van der Waals surface area contributed by atoms with Crippen molar-refractivity contribution in [2.45, 2.75) is 145 Å². The minimum absolute atomic E-state index is 0. The van der Waals surface area contributed by atoms with Crippen LogP contribution in [0.15, 0.2) is 102 Å². The van der Waals surface area contributed by atoms with E-state index in [1.165, 1.54) is 23.1 Å². The highest BCUT2D eigenvalue weighted by atomic mass is 32.1. The zero-order chi connectivity index (χ0) is 40.4. The molecule has 0 fully saturated rings. The average Bonchev–Trinajstić information content (AvgIpc) is 3.81. The lowest BCUT2D eigenvalue weighted by atomic mass is 9.87. The van der Waals surface area contributed by atoms with Crippen molar-refractivity contribution in [3.8, 4) is 0 Å². The summed E-state index contributed by atoms with van der Waals surface area (Å²) in [5.74, 6) is 1.59. The summed E-state index contributed by atoms with van der Waals surface area (Å²) in [6.07, 6.45) is 8.92. The zero-order valence-corrected chi connectivity index (χ0v) is 36.1. The molecule has 0 saturated carbocycles. The van der Waals surface area contributed by atoms with Crippen molar-refractivity contribution in [1.29, 1.82) is 0 Å². The van der Waals surface area contributed by atoms with Crippen LogP contribution < -0.4 is 5.73 Å². The molecule has 0 aliphatic carbocycles. The molecular formula is C45H73N5O2S. The highest BCUT2D eigenvalue weighted by molar-refractivity contribution is 7.09. The molecule has 296 valence electrons. The number of imidazole rings is 1. The third-order valence-electron chi connectivity index (χ3n) is 6.92. The van der Waals surface area contributed by atoms with Gasteiger partial charge in [-0.3, -0.25) is 4.79 Å². The van der Waals surface area contributed by atoms with E-state index in [4.69, 9.17) is 4.42 Å². The molecule has 0 saturated heterocycles. The summed E-state index contributed by atoms with van der Waals surface area (Å²) < 4.78 is 7.14.